The smallest absolute Gasteiger partial charge is 0.269 e. The Morgan fingerprint density at radius 2 is 1.73 bits per heavy atom. The van der Waals surface area contributed by atoms with E-state index in [1.54, 1.807) is 27.9 Å². The summed E-state index contributed by atoms with van der Waals surface area (Å²) in [6.07, 6.45) is 1.57. The molecule has 4 aliphatic heterocycles. The lowest BCUT2D eigenvalue weighted by Crippen LogP contribution is -2.48. The van der Waals surface area contributed by atoms with Gasteiger partial charge in [0, 0.05) is 36.2 Å². The van der Waals surface area contributed by atoms with Crippen LogP contribution in [0.1, 0.15) is 49.4 Å². The number of hydrogen-bond donors (Lipinski definition) is 1. The van der Waals surface area contributed by atoms with Crippen molar-refractivity contribution >= 4 is 34.8 Å². The predicted molar refractivity (Wildman–Crippen MR) is 209 cm³/mol. The van der Waals surface area contributed by atoms with Crippen molar-refractivity contribution in [2.75, 3.05) is 36.7 Å². The van der Waals surface area contributed by atoms with Crippen LogP contribution in [0.25, 0.3) is 0 Å². The number of nitrogens with zero attached hydrogens (tertiary/aromatic N) is 3. The molecule has 0 aliphatic carbocycles. The number of carbonyl (C=O) groups is 3. The number of methoxy groups -OCH3 is 1. The van der Waals surface area contributed by atoms with Crippen LogP contribution in [0.5, 0.6) is 11.5 Å². The van der Waals surface area contributed by atoms with Gasteiger partial charge in [-0.05, 0) is 71.0 Å². The lowest BCUT2D eigenvalue weighted by Gasteiger charge is -2.40. The van der Waals surface area contributed by atoms with Crippen molar-refractivity contribution < 1.29 is 33.7 Å². The van der Waals surface area contributed by atoms with Crippen molar-refractivity contribution in [2.45, 2.75) is 63.3 Å². The molecule has 4 aliphatic rings. The highest BCUT2D eigenvalue weighted by Gasteiger charge is 2.66. The van der Waals surface area contributed by atoms with E-state index in [-0.39, 0.29) is 55.9 Å². The Kier molecular flexibility index (Phi) is 9.30. The van der Waals surface area contributed by atoms with E-state index in [1.165, 1.54) is 0 Å². The Morgan fingerprint density at radius 3 is 2.45 bits per heavy atom. The van der Waals surface area contributed by atoms with Gasteiger partial charge in [0.1, 0.15) is 11.5 Å². The average Bonchev–Trinajstić information content (AvgIpc) is 3.62. The largest absolute Gasteiger partial charge is 0.497 e. The van der Waals surface area contributed by atoms with E-state index < -0.39 is 23.0 Å². The number of amides is 3. The summed E-state index contributed by atoms with van der Waals surface area (Å²) in [6, 6.07) is 28.6. The second-order valence-electron chi connectivity index (χ2n) is 15.6. The summed E-state index contributed by atoms with van der Waals surface area (Å²) < 4.78 is 18.5. The maximum Gasteiger partial charge on any atom is 0.269 e. The number of aliphatic hydroxyl groups excluding tert-OH is 1. The SMILES string of the molecule is C=CCN1C(=O)[C@@]2(O[C@@H](CC(=O)N3Cc4ccccc4C[C@H]3CO)[C@H](C(C)(C)c3ccc(OC)cc3)[C@H]2C)c2cc(N3C(=O)COc4ccccc43)ccc21. The molecule has 0 bridgehead atoms. The molecular formula is C45H47N3O7. The van der Waals surface area contributed by atoms with Crippen LogP contribution >= 0.6 is 0 Å². The zero-order valence-corrected chi connectivity index (χ0v) is 31.7. The lowest BCUT2D eigenvalue weighted by molar-refractivity contribution is -0.151. The van der Waals surface area contributed by atoms with E-state index in [1.807, 2.05) is 91.0 Å². The van der Waals surface area contributed by atoms with E-state index in [9.17, 15) is 14.7 Å². The van der Waals surface area contributed by atoms with Crippen molar-refractivity contribution in [2.24, 2.45) is 11.8 Å². The standard InChI is InChI=1S/C45H47N3O7/c1-6-21-46-36-20-17-32(48-37-13-9-10-14-38(37)54-27-41(48)51)23-35(36)45(43(46)52)28(2)42(44(3,4)31-15-18-34(53-5)19-16-31)39(55-45)24-40(50)47-25-30-12-8-7-11-29(30)22-33(47)26-49/h6-20,23,28,33,39,42,49H,1,21-22,24-27H2,2-5H3/t28-,33+,39+,42-,45+/m1/s1. The third-order valence-corrected chi connectivity index (χ3v) is 12.4. The summed E-state index contributed by atoms with van der Waals surface area (Å²) in [5.41, 5.74) is 3.65. The minimum atomic E-state index is -1.48. The van der Waals surface area contributed by atoms with Crippen LogP contribution in [-0.4, -0.2) is 66.7 Å². The molecule has 0 aromatic heterocycles. The highest BCUT2D eigenvalue weighted by Crippen LogP contribution is 2.60. The number of fused-ring (bicyclic) bond motifs is 4. The van der Waals surface area contributed by atoms with Crippen molar-refractivity contribution in [1.82, 2.24) is 4.90 Å². The molecule has 1 spiro atoms. The summed E-state index contributed by atoms with van der Waals surface area (Å²) >= 11 is 0. The van der Waals surface area contributed by atoms with Crippen LogP contribution in [-0.2, 0) is 43.1 Å². The third-order valence-electron chi connectivity index (χ3n) is 12.4. The van der Waals surface area contributed by atoms with Gasteiger partial charge < -0.3 is 29.1 Å². The fourth-order valence-electron chi connectivity index (χ4n) is 9.67. The average molecular weight is 742 g/mol. The molecule has 0 saturated carbocycles. The lowest BCUT2D eigenvalue weighted by atomic mass is 9.63. The van der Waals surface area contributed by atoms with Crippen LogP contribution in [0.4, 0.5) is 17.1 Å². The quantitative estimate of drug-likeness (QED) is 0.197. The Labute approximate surface area is 321 Å². The molecule has 4 heterocycles. The first-order valence-electron chi connectivity index (χ1n) is 18.9. The zero-order valence-electron chi connectivity index (χ0n) is 31.7. The molecule has 1 fully saturated rings. The molecule has 1 saturated heterocycles. The number of hydrogen-bond acceptors (Lipinski definition) is 7. The van der Waals surface area contributed by atoms with Gasteiger partial charge in [0.2, 0.25) is 5.91 Å². The second-order valence-corrected chi connectivity index (χ2v) is 15.6. The number of rotatable bonds is 9. The number of anilines is 3. The van der Waals surface area contributed by atoms with Crippen LogP contribution in [0.2, 0.25) is 0 Å². The molecule has 3 amide bonds. The zero-order chi connectivity index (χ0) is 38.6. The first-order valence-corrected chi connectivity index (χ1v) is 18.9. The van der Waals surface area contributed by atoms with Crippen LogP contribution < -0.4 is 19.3 Å². The Balaban J connectivity index is 1.24. The molecule has 284 valence electrons. The number of ether oxygens (including phenoxy) is 3. The van der Waals surface area contributed by atoms with Gasteiger partial charge in [-0.15, -0.1) is 6.58 Å². The normalized spacial score (nSPS) is 24.3. The maximum atomic E-state index is 15.1. The van der Waals surface area contributed by atoms with E-state index in [0.717, 1.165) is 22.4 Å². The summed E-state index contributed by atoms with van der Waals surface area (Å²) in [7, 11) is 1.63. The van der Waals surface area contributed by atoms with Gasteiger partial charge in [-0.1, -0.05) is 75.4 Å². The second kappa shape index (κ2) is 14.0. The Morgan fingerprint density at radius 1 is 1.00 bits per heavy atom. The molecule has 4 aromatic rings. The van der Waals surface area contributed by atoms with Gasteiger partial charge in [-0.3, -0.25) is 19.3 Å². The number of para-hydroxylation sites is 2. The van der Waals surface area contributed by atoms with E-state index in [0.29, 0.717) is 41.3 Å². The molecular weight excluding hydrogens is 695 g/mol. The number of aliphatic hydroxyl groups is 1. The van der Waals surface area contributed by atoms with Crippen LogP contribution in [0, 0.1) is 11.8 Å². The first-order chi connectivity index (χ1) is 26.5. The van der Waals surface area contributed by atoms with Crippen molar-refractivity contribution in [3.8, 4) is 11.5 Å². The summed E-state index contributed by atoms with van der Waals surface area (Å²) in [5.74, 6) is -0.0443. The van der Waals surface area contributed by atoms with Gasteiger partial charge >= 0.3 is 0 Å². The number of carbonyl (C=O) groups excluding carboxylic acids is 3. The van der Waals surface area contributed by atoms with Gasteiger partial charge in [0.15, 0.2) is 12.2 Å². The predicted octanol–water partition coefficient (Wildman–Crippen LogP) is 6.45. The molecule has 0 radical (unpaired) electrons. The minimum Gasteiger partial charge on any atom is -0.497 e. The van der Waals surface area contributed by atoms with Crippen LogP contribution in [0.3, 0.4) is 0 Å². The molecule has 0 unspecified atom stereocenters. The monoisotopic (exact) mass is 741 g/mol. The minimum absolute atomic E-state index is 0.00803. The van der Waals surface area contributed by atoms with Crippen LogP contribution in [0.15, 0.2) is 104 Å². The third kappa shape index (κ3) is 5.81. The van der Waals surface area contributed by atoms with E-state index in [4.69, 9.17) is 14.2 Å². The van der Waals surface area contributed by atoms with Crippen molar-refractivity contribution in [1.29, 1.82) is 0 Å². The molecule has 8 rings (SSSR count). The molecule has 4 aromatic carbocycles. The molecule has 10 nitrogen and oxygen atoms in total. The Hall–Kier alpha value is -5.45. The van der Waals surface area contributed by atoms with Gasteiger partial charge in [0.05, 0.1) is 43.7 Å². The van der Waals surface area contributed by atoms with Gasteiger partial charge in [0.25, 0.3) is 11.8 Å². The fraction of sp³-hybridized carbons (Fsp3) is 0.356. The molecule has 55 heavy (non-hydrogen) atoms. The first kappa shape index (κ1) is 36.5. The molecule has 10 heteroatoms. The summed E-state index contributed by atoms with van der Waals surface area (Å²) in [4.78, 5) is 48.3. The Bertz CT molecular complexity index is 2170. The highest BCUT2D eigenvalue weighted by atomic mass is 16.5. The summed E-state index contributed by atoms with van der Waals surface area (Å²) in [5, 5.41) is 10.5. The van der Waals surface area contributed by atoms with Crippen molar-refractivity contribution in [3.05, 3.63) is 126 Å². The van der Waals surface area contributed by atoms with Gasteiger partial charge in [-0.25, -0.2) is 0 Å². The van der Waals surface area contributed by atoms with E-state index in [2.05, 4.69) is 27.4 Å². The fourth-order valence-corrected chi connectivity index (χ4v) is 9.67. The summed E-state index contributed by atoms with van der Waals surface area (Å²) in [6.45, 7) is 10.6. The van der Waals surface area contributed by atoms with E-state index >= 15 is 4.79 Å². The van der Waals surface area contributed by atoms with Gasteiger partial charge in [-0.2, -0.15) is 0 Å². The maximum absolute atomic E-state index is 15.1. The molecule has 5 atom stereocenters. The molecule has 1 N–H and O–H groups in total. The number of benzene rings is 4. The highest BCUT2D eigenvalue weighted by molar-refractivity contribution is 6.10. The topological polar surface area (TPSA) is 109 Å². The van der Waals surface area contributed by atoms with Crippen molar-refractivity contribution in [3.63, 3.8) is 0 Å².